The normalized spacial score (nSPS) is 16.9. The zero-order valence-electron chi connectivity index (χ0n) is 7.85. The summed E-state index contributed by atoms with van der Waals surface area (Å²) in [6.45, 7) is 1.74. The predicted molar refractivity (Wildman–Crippen MR) is 53.7 cm³/mol. The van der Waals surface area contributed by atoms with E-state index in [0.29, 0.717) is 0 Å². The first kappa shape index (κ1) is 8.99. The van der Waals surface area contributed by atoms with E-state index in [1.54, 1.807) is 6.20 Å². The van der Waals surface area contributed by atoms with Crippen LogP contribution in [0.4, 0.5) is 5.82 Å². The second-order valence-corrected chi connectivity index (χ2v) is 3.27. The highest BCUT2D eigenvalue weighted by atomic mass is 16.4. The van der Waals surface area contributed by atoms with E-state index in [1.165, 1.54) is 0 Å². The standard InChI is InChI=1S/C10H12N3O/c14-12-9-4-7-13(8-5-9)10-3-1-2-6-11-10/h1,3,6,14H,4-5,7-8H2. The smallest absolute Gasteiger partial charge is 0.128 e. The van der Waals surface area contributed by atoms with Crippen LogP contribution in [0.2, 0.25) is 0 Å². The van der Waals surface area contributed by atoms with Gasteiger partial charge >= 0.3 is 0 Å². The second-order valence-electron chi connectivity index (χ2n) is 3.27. The molecule has 0 spiro atoms. The van der Waals surface area contributed by atoms with E-state index in [4.69, 9.17) is 5.21 Å². The molecule has 1 aromatic rings. The molecule has 0 atom stereocenters. The average molecular weight is 190 g/mol. The van der Waals surface area contributed by atoms with Crippen molar-refractivity contribution in [3.05, 3.63) is 24.4 Å². The summed E-state index contributed by atoms with van der Waals surface area (Å²) in [6, 6.07) is 6.69. The topological polar surface area (TPSA) is 48.7 Å². The lowest BCUT2D eigenvalue weighted by atomic mass is 10.1. The van der Waals surface area contributed by atoms with Gasteiger partial charge in [-0.05, 0) is 12.1 Å². The van der Waals surface area contributed by atoms with Crippen LogP contribution < -0.4 is 4.90 Å². The Hall–Kier alpha value is -1.58. The zero-order chi connectivity index (χ0) is 9.80. The van der Waals surface area contributed by atoms with Crippen molar-refractivity contribution in [1.29, 1.82) is 0 Å². The van der Waals surface area contributed by atoms with Crippen molar-refractivity contribution in [3.8, 4) is 0 Å². The van der Waals surface area contributed by atoms with Crippen molar-refractivity contribution in [3.63, 3.8) is 0 Å². The predicted octanol–water partition coefficient (Wildman–Crippen LogP) is 1.31. The maximum absolute atomic E-state index is 8.60. The lowest BCUT2D eigenvalue weighted by molar-refractivity contribution is 0.315. The summed E-state index contributed by atoms with van der Waals surface area (Å²) in [5.41, 5.74) is 0.878. The van der Waals surface area contributed by atoms with E-state index in [0.717, 1.165) is 37.5 Å². The molecule has 1 aromatic heterocycles. The number of piperidine rings is 1. The first-order valence-electron chi connectivity index (χ1n) is 4.67. The van der Waals surface area contributed by atoms with Crippen LogP contribution in [0.15, 0.2) is 23.5 Å². The minimum Gasteiger partial charge on any atom is -0.411 e. The van der Waals surface area contributed by atoms with Crippen LogP contribution >= 0.6 is 0 Å². The molecule has 14 heavy (non-hydrogen) atoms. The van der Waals surface area contributed by atoms with E-state index in [-0.39, 0.29) is 0 Å². The Kier molecular flexibility index (Phi) is 2.62. The fourth-order valence-electron chi connectivity index (χ4n) is 1.59. The lowest BCUT2D eigenvalue weighted by Gasteiger charge is -2.27. The van der Waals surface area contributed by atoms with E-state index < -0.39 is 0 Å². The number of pyridine rings is 1. The average Bonchev–Trinajstić information content (AvgIpc) is 2.30. The van der Waals surface area contributed by atoms with E-state index in [9.17, 15) is 0 Å². The molecule has 2 rings (SSSR count). The van der Waals surface area contributed by atoms with Gasteiger partial charge in [-0.25, -0.2) is 4.98 Å². The third-order valence-electron chi connectivity index (χ3n) is 2.41. The van der Waals surface area contributed by atoms with Crippen LogP contribution in [-0.2, 0) is 0 Å². The molecule has 0 bridgehead atoms. The summed E-state index contributed by atoms with van der Waals surface area (Å²) in [5.74, 6) is 0.973. The van der Waals surface area contributed by atoms with Crippen LogP contribution in [0, 0.1) is 6.07 Å². The third kappa shape index (κ3) is 1.84. The Morgan fingerprint density at radius 3 is 2.79 bits per heavy atom. The quantitative estimate of drug-likeness (QED) is 0.536. The molecule has 4 nitrogen and oxygen atoms in total. The van der Waals surface area contributed by atoms with Gasteiger partial charge in [-0.3, -0.25) is 0 Å². The number of anilines is 1. The summed E-state index contributed by atoms with van der Waals surface area (Å²) >= 11 is 0. The van der Waals surface area contributed by atoms with Crippen LogP contribution in [0.1, 0.15) is 12.8 Å². The Bertz CT molecular complexity index is 313. The first-order chi connectivity index (χ1) is 6.90. The van der Waals surface area contributed by atoms with Gasteiger partial charge in [0, 0.05) is 38.2 Å². The second kappa shape index (κ2) is 4.09. The minimum absolute atomic E-state index is 0.816. The summed E-state index contributed by atoms with van der Waals surface area (Å²) in [4.78, 5) is 6.40. The number of hydrogen-bond donors (Lipinski definition) is 1. The molecule has 2 heterocycles. The first-order valence-corrected chi connectivity index (χ1v) is 4.67. The van der Waals surface area contributed by atoms with Crippen molar-refractivity contribution in [2.75, 3.05) is 18.0 Å². The maximum Gasteiger partial charge on any atom is 0.128 e. The van der Waals surface area contributed by atoms with Crippen LogP contribution in [0.5, 0.6) is 0 Å². The van der Waals surface area contributed by atoms with Gasteiger partial charge in [-0.15, -0.1) is 0 Å². The van der Waals surface area contributed by atoms with Gasteiger partial charge in [0.1, 0.15) is 5.82 Å². The van der Waals surface area contributed by atoms with E-state index >= 15 is 0 Å². The molecule has 0 unspecified atom stereocenters. The van der Waals surface area contributed by atoms with Gasteiger partial charge < -0.3 is 10.1 Å². The molecule has 1 aliphatic heterocycles. The summed E-state index contributed by atoms with van der Waals surface area (Å²) < 4.78 is 0. The van der Waals surface area contributed by atoms with Gasteiger partial charge in [0.25, 0.3) is 0 Å². The number of nitrogens with zero attached hydrogens (tertiary/aromatic N) is 3. The minimum atomic E-state index is 0.816. The molecule has 1 radical (unpaired) electrons. The van der Waals surface area contributed by atoms with Gasteiger partial charge in [0.2, 0.25) is 0 Å². The molecule has 73 valence electrons. The van der Waals surface area contributed by atoms with Crippen molar-refractivity contribution >= 4 is 11.5 Å². The molecule has 1 N–H and O–H groups in total. The number of aromatic nitrogens is 1. The molecular formula is C10H12N3O. The summed E-state index contributed by atoms with van der Waals surface area (Å²) in [5, 5.41) is 11.8. The highest BCUT2D eigenvalue weighted by Crippen LogP contribution is 2.15. The molecule has 1 aliphatic rings. The Balaban J connectivity index is 2.03. The number of rotatable bonds is 1. The van der Waals surface area contributed by atoms with Crippen LogP contribution in [-0.4, -0.2) is 29.0 Å². The fourth-order valence-corrected chi connectivity index (χ4v) is 1.59. The van der Waals surface area contributed by atoms with Gasteiger partial charge in [0.05, 0.1) is 5.71 Å². The summed E-state index contributed by atoms with van der Waals surface area (Å²) in [6.07, 6.45) is 3.30. The zero-order valence-corrected chi connectivity index (χ0v) is 7.85. The third-order valence-corrected chi connectivity index (χ3v) is 2.41. The van der Waals surface area contributed by atoms with E-state index in [2.05, 4.69) is 21.1 Å². The van der Waals surface area contributed by atoms with E-state index in [1.807, 2.05) is 12.1 Å². The lowest BCUT2D eigenvalue weighted by Crippen LogP contribution is -2.34. The molecular weight excluding hydrogens is 178 g/mol. The van der Waals surface area contributed by atoms with Crippen molar-refractivity contribution < 1.29 is 5.21 Å². The van der Waals surface area contributed by atoms with Crippen molar-refractivity contribution in [2.24, 2.45) is 5.16 Å². The molecule has 0 aliphatic carbocycles. The Labute approximate surface area is 82.9 Å². The fraction of sp³-hybridized carbons (Fsp3) is 0.400. The Morgan fingerprint density at radius 1 is 1.43 bits per heavy atom. The molecule has 0 amide bonds. The molecule has 1 saturated heterocycles. The molecule has 0 saturated carbocycles. The molecule has 4 heteroatoms. The van der Waals surface area contributed by atoms with Crippen LogP contribution in [0.3, 0.4) is 0 Å². The largest absolute Gasteiger partial charge is 0.411 e. The van der Waals surface area contributed by atoms with Crippen molar-refractivity contribution in [1.82, 2.24) is 4.98 Å². The van der Waals surface area contributed by atoms with Gasteiger partial charge in [-0.1, -0.05) is 5.16 Å². The summed E-state index contributed by atoms with van der Waals surface area (Å²) in [7, 11) is 0. The maximum atomic E-state index is 8.60. The Morgan fingerprint density at radius 2 is 2.21 bits per heavy atom. The number of oxime groups is 1. The van der Waals surface area contributed by atoms with Crippen molar-refractivity contribution in [2.45, 2.75) is 12.8 Å². The highest BCUT2D eigenvalue weighted by molar-refractivity contribution is 5.85. The molecule has 0 aromatic carbocycles. The molecule has 1 fully saturated rings. The van der Waals surface area contributed by atoms with Gasteiger partial charge in [-0.2, -0.15) is 0 Å². The number of hydrogen-bond acceptors (Lipinski definition) is 4. The van der Waals surface area contributed by atoms with Gasteiger partial charge in [0.15, 0.2) is 0 Å². The highest BCUT2D eigenvalue weighted by Gasteiger charge is 2.15. The monoisotopic (exact) mass is 190 g/mol. The van der Waals surface area contributed by atoms with Crippen LogP contribution in [0.25, 0.3) is 0 Å². The SMILES string of the molecule is ON=C1CCN(c2cc[c]cn2)CC1.